The van der Waals surface area contributed by atoms with Gasteiger partial charge in [0.2, 0.25) is 10.0 Å². The Morgan fingerprint density at radius 2 is 2.19 bits per heavy atom. The van der Waals surface area contributed by atoms with Crippen LogP contribution in [0.15, 0.2) is 30.7 Å². The number of nitrogens with one attached hydrogen (secondary N) is 1. The molecule has 2 heterocycles. The summed E-state index contributed by atoms with van der Waals surface area (Å²) in [5, 5.41) is 8.96. The van der Waals surface area contributed by atoms with E-state index in [2.05, 4.69) is 20.7 Å². The maximum atomic E-state index is 12.4. The van der Waals surface area contributed by atoms with Crippen LogP contribution < -0.4 is 9.62 Å². The molecule has 2 aromatic rings. The van der Waals surface area contributed by atoms with Crippen molar-refractivity contribution in [2.24, 2.45) is 7.05 Å². The van der Waals surface area contributed by atoms with Crippen LogP contribution in [0.4, 0.5) is 5.69 Å². The Balaban J connectivity index is 1.64. The van der Waals surface area contributed by atoms with E-state index in [-0.39, 0.29) is 11.3 Å². The second-order valence-electron chi connectivity index (χ2n) is 7.09. The fraction of sp³-hybridized carbons (Fsp3) is 0.444. The van der Waals surface area contributed by atoms with E-state index in [1.165, 1.54) is 0 Å². The largest absolute Gasteiger partial charge is 0.364 e. The number of imidazole rings is 1. The Hall–Kier alpha value is -2.37. The number of benzene rings is 1. The molecule has 1 aromatic carbocycles. The number of aromatic nitrogens is 2. The summed E-state index contributed by atoms with van der Waals surface area (Å²) in [6.07, 6.45) is 5.66. The van der Waals surface area contributed by atoms with Crippen LogP contribution in [0.2, 0.25) is 0 Å². The van der Waals surface area contributed by atoms with Crippen LogP contribution in [0.3, 0.4) is 0 Å². The van der Waals surface area contributed by atoms with Crippen molar-refractivity contribution in [3.05, 3.63) is 47.5 Å². The summed E-state index contributed by atoms with van der Waals surface area (Å²) in [4.78, 5) is 6.33. The van der Waals surface area contributed by atoms with Gasteiger partial charge in [0.15, 0.2) is 0 Å². The number of rotatable bonds is 5. The summed E-state index contributed by atoms with van der Waals surface area (Å²) in [6, 6.07) is 7.60. The van der Waals surface area contributed by atoms with E-state index >= 15 is 0 Å². The molecule has 0 spiro atoms. The lowest BCUT2D eigenvalue weighted by Gasteiger charge is -2.36. The molecular weight excluding hydrogens is 350 g/mol. The summed E-state index contributed by atoms with van der Waals surface area (Å²) in [5.41, 5.74) is 3.69. The van der Waals surface area contributed by atoms with Crippen LogP contribution in [-0.4, -0.2) is 35.8 Å². The number of nitrogens with zero attached hydrogens (tertiary/aromatic N) is 4. The fourth-order valence-corrected chi connectivity index (χ4v) is 5.06. The van der Waals surface area contributed by atoms with Crippen LogP contribution in [0.1, 0.15) is 29.7 Å². The lowest BCUT2D eigenvalue weighted by molar-refractivity contribution is 0.521. The number of hydrogen-bond acceptors (Lipinski definition) is 5. The number of sulfonamides is 1. The highest BCUT2D eigenvalue weighted by molar-refractivity contribution is 7.90. The monoisotopic (exact) mass is 371 g/mol. The molecular formula is C18H21N5O2S. The van der Waals surface area contributed by atoms with E-state index in [1.54, 1.807) is 6.33 Å². The molecule has 7 nitrogen and oxygen atoms in total. The van der Waals surface area contributed by atoms with Gasteiger partial charge in [-0.1, -0.05) is 0 Å². The van der Waals surface area contributed by atoms with E-state index in [0.29, 0.717) is 25.1 Å². The quantitative estimate of drug-likeness (QED) is 0.856. The van der Waals surface area contributed by atoms with Gasteiger partial charge in [0, 0.05) is 31.5 Å². The fourth-order valence-electron chi connectivity index (χ4n) is 3.49. The van der Waals surface area contributed by atoms with Crippen molar-refractivity contribution < 1.29 is 8.42 Å². The Morgan fingerprint density at radius 1 is 1.38 bits per heavy atom. The first kappa shape index (κ1) is 17.1. The van der Waals surface area contributed by atoms with Crippen LogP contribution in [0, 0.1) is 11.3 Å². The Labute approximate surface area is 153 Å². The molecule has 0 amide bonds. The SMILES string of the molecule is Cn1cncc1CN1CC(NS(=O)(=O)C2CC2)Cc2cc(C#N)ccc21. The average Bonchev–Trinajstić information content (AvgIpc) is 3.39. The smallest absolute Gasteiger partial charge is 0.214 e. The predicted octanol–water partition coefficient (Wildman–Crippen LogP) is 1.30. The highest BCUT2D eigenvalue weighted by Gasteiger charge is 2.38. The molecule has 1 unspecified atom stereocenters. The van der Waals surface area contributed by atoms with Gasteiger partial charge in [0.05, 0.1) is 35.4 Å². The van der Waals surface area contributed by atoms with E-state index < -0.39 is 10.0 Å². The maximum Gasteiger partial charge on any atom is 0.214 e. The van der Waals surface area contributed by atoms with Gasteiger partial charge in [-0.15, -0.1) is 0 Å². The van der Waals surface area contributed by atoms with Crippen LogP contribution in [-0.2, 0) is 30.0 Å². The van der Waals surface area contributed by atoms with Crippen LogP contribution in [0.5, 0.6) is 0 Å². The number of nitriles is 1. The zero-order valence-corrected chi connectivity index (χ0v) is 15.4. The second kappa shape index (κ2) is 6.41. The molecule has 1 atom stereocenters. The van der Waals surface area contributed by atoms with E-state index in [4.69, 9.17) is 0 Å². The average molecular weight is 371 g/mol. The lowest BCUT2D eigenvalue weighted by Crippen LogP contribution is -2.49. The summed E-state index contributed by atoms with van der Waals surface area (Å²) < 4.78 is 29.6. The van der Waals surface area contributed by atoms with Gasteiger partial charge >= 0.3 is 0 Å². The number of aryl methyl sites for hydroxylation is 1. The molecule has 1 aliphatic carbocycles. The summed E-state index contributed by atoms with van der Waals surface area (Å²) >= 11 is 0. The molecule has 0 bridgehead atoms. The van der Waals surface area contributed by atoms with Crippen molar-refractivity contribution >= 4 is 15.7 Å². The third kappa shape index (κ3) is 3.32. The predicted molar refractivity (Wildman–Crippen MR) is 98.0 cm³/mol. The Bertz CT molecular complexity index is 972. The zero-order chi connectivity index (χ0) is 18.3. The second-order valence-corrected chi connectivity index (χ2v) is 9.09. The molecule has 1 aromatic heterocycles. The van der Waals surface area contributed by atoms with Gasteiger partial charge < -0.3 is 9.47 Å². The minimum atomic E-state index is -3.26. The molecule has 4 rings (SSSR count). The summed E-state index contributed by atoms with van der Waals surface area (Å²) in [5.74, 6) is 0. The van der Waals surface area contributed by atoms with Crippen molar-refractivity contribution in [1.29, 1.82) is 5.26 Å². The molecule has 1 saturated carbocycles. The van der Waals surface area contributed by atoms with Gasteiger partial charge in [-0.05, 0) is 43.0 Å². The molecule has 1 N–H and O–H groups in total. The molecule has 26 heavy (non-hydrogen) atoms. The summed E-state index contributed by atoms with van der Waals surface area (Å²) in [6.45, 7) is 1.23. The summed E-state index contributed by atoms with van der Waals surface area (Å²) in [7, 11) is -1.31. The third-order valence-electron chi connectivity index (χ3n) is 5.02. The molecule has 0 radical (unpaired) electrons. The first-order chi connectivity index (χ1) is 12.5. The van der Waals surface area contributed by atoms with Gasteiger partial charge in [-0.3, -0.25) is 0 Å². The topological polar surface area (TPSA) is 91.0 Å². The van der Waals surface area contributed by atoms with Crippen molar-refractivity contribution in [3.8, 4) is 6.07 Å². The number of hydrogen-bond donors (Lipinski definition) is 1. The minimum Gasteiger partial charge on any atom is -0.364 e. The van der Waals surface area contributed by atoms with E-state index in [1.807, 2.05) is 36.0 Å². The number of anilines is 1. The Morgan fingerprint density at radius 3 is 2.85 bits per heavy atom. The standard InChI is InChI=1S/C18H21N5O2S/c1-22-12-20-9-16(22)11-23-10-15(21-26(24,25)17-3-4-17)7-14-6-13(8-19)2-5-18(14)23/h2,5-6,9,12,15,17,21H,3-4,7,10-11H2,1H3. The van der Waals surface area contributed by atoms with Crippen molar-refractivity contribution in [2.45, 2.75) is 37.1 Å². The van der Waals surface area contributed by atoms with E-state index in [9.17, 15) is 13.7 Å². The molecule has 0 saturated heterocycles. The third-order valence-corrected chi connectivity index (χ3v) is 7.03. The van der Waals surface area contributed by atoms with E-state index in [0.717, 1.165) is 29.8 Å². The van der Waals surface area contributed by atoms with Gasteiger partial charge in [-0.25, -0.2) is 18.1 Å². The van der Waals surface area contributed by atoms with Gasteiger partial charge in [0.25, 0.3) is 0 Å². The highest BCUT2D eigenvalue weighted by Crippen LogP contribution is 2.32. The van der Waals surface area contributed by atoms with Crippen molar-refractivity contribution in [1.82, 2.24) is 14.3 Å². The van der Waals surface area contributed by atoms with Crippen molar-refractivity contribution in [2.75, 3.05) is 11.4 Å². The first-order valence-corrected chi connectivity index (χ1v) is 10.3. The Kier molecular flexibility index (Phi) is 4.21. The maximum absolute atomic E-state index is 12.4. The molecule has 1 fully saturated rings. The molecule has 2 aliphatic rings. The van der Waals surface area contributed by atoms with Gasteiger partial charge in [-0.2, -0.15) is 5.26 Å². The molecule has 1 aliphatic heterocycles. The van der Waals surface area contributed by atoms with Crippen LogP contribution >= 0.6 is 0 Å². The zero-order valence-electron chi connectivity index (χ0n) is 14.6. The number of fused-ring (bicyclic) bond motifs is 1. The lowest BCUT2D eigenvalue weighted by atomic mass is 9.96. The highest BCUT2D eigenvalue weighted by atomic mass is 32.2. The van der Waals surface area contributed by atoms with Crippen molar-refractivity contribution in [3.63, 3.8) is 0 Å². The normalized spacial score (nSPS) is 19.8. The first-order valence-electron chi connectivity index (χ1n) is 8.70. The minimum absolute atomic E-state index is 0.199. The molecule has 136 valence electrons. The molecule has 8 heteroatoms. The van der Waals surface area contributed by atoms with Gasteiger partial charge in [0.1, 0.15) is 0 Å². The van der Waals surface area contributed by atoms with Crippen LogP contribution in [0.25, 0.3) is 0 Å².